The van der Waals surface area contributed by atoms with Crippen molar-refractivity contribution in [1.29, 1.82) is 0 Å². The molecule has 0 atom stereocenters. The van der Waals surface area contributed by atoms with Crippen molar-refractivity contribution in [1.82, 2.24) is 10.2 Å². The average molecular weight is 292 g/mol. The first-order valence-electron chi connectivity index (χ1n) is 7.17. The van der Waals surface area contributed by atoms with Crippen molar-refractivity contribution in [2.75, 3.05) is 31.1 Å². The Labute approximate surface area is 126 Å². The summed E-state index contributed by atoms with van der Waals surface area (Å²) in [7, 11) is 0. The van der Waals surface area contributed by atoms with E-state index in [2.05, 4.69) is 50.4 Å². The molecule has 1 fully saturated rings. The zero-order valence-corrected chi connectivity index (χ0v) is 13.4. The Morgan fingerprint density at radius 2 is 2.05 bits per heavy atom. The molecule has 0 unspecified atom stereocenters. The van der Waals surface area contributed by atoms with Crippen molar-refractivity contribution in [3.63, 3.8) is 0 Å². The highest BCUT2D eigenvalue weighted by molar-refractivity contribution is 7.99. The summed E-state index contributed by atoms with van der Waals surface area (Å²) in [4.78, 5) is 14.1. The van der Waals surface area contributed by atoms with Crippen LogP contribution in [-0.2, 0) is 5.41 Å². The molecule has 2 rings (SSSR count). The number of amides is 2. The molecule has 0 bridgehead atoms. The van der Waals surface area contributed by atoms with E-state index in [0.29, 0.717) is 6.54 Å². The van der Waals surface area contributed by atoms with E-state index in [0.717, 1.165) is 24.6 Å². The molecule has 1 aliphatic heterocycles. The highest BCUT2D eigenvalue weighted by Gasteiger charge is 2.23. The van der Waals surface area contributed by atoms with Gasteiger partial charge in [-0.25, -0.2) is 4.79 Å². The first kappa shape index (κ1) is 15.2. The van der Waals surface area contributed by atoms with Crippen molar-refractivity contribution in [3.05, 3.63) is 35.4 Å². The summed E-state index contributed by atoms with van der Waals surface area (Å²) < 4.78 is 0. The van der Waals surface area contributed by atoms with E-state index >= 15 is 0 Å². The molecule has 1 aromatic rings. The predicted octanol–water partition coefficient (Wildman–Crippen LogP) is 3.03. The molecule has 0 aliphatic carbocycles. The lowest BCUT2D eigenvalue weighted by Gasteiger charge is -2.30. The number of aryl methyl sites for hydroxylation is 1. The van der Waals surface area contributed by atoms with Gasteiger partial charge in [0.15, 0.2) is 0 Å². The summed E-state index contributed by atoms with van der Waals surface area (Å²) in [6.45, 7) is 8.84. The van der Waals surface area contributed by atoms with Crippen LogP contribution in [0.15, 0.2) is 24.3 Å². The summed E-state index contributed by atoms with van der Waals surface area (Å²) >= 11 is 1.92. The van der Waals surface area contributed by atoms with Crippen LogP contribution >= 0.6 is 11.8 Å². The second-order valence-corrected chi connectivity index (χ2v) is 7.24. The van der Waals surface area contributed by atoms with Crippen LogP contribution in [0.4, 0.5) is 4.79 Å². The Balaban J connectivity index is 1.93. The van der Waals surface area contributed by atoms with Crippen LogP contribution in [0.1, 0.15) is 25.0 Å². The number of urea groups is 1. The Bertz CT molecular complexity index is 467. The molecule has 1 N–H and O–H groups in total. The standard InChI is InChI=1S/C16H24N2OS/c1-13-5-4-6-14(11-13)16(2,3)12-17-15(19)18-7-9-20-10-8-18/h4-6,11H,7-10,12H2,1-3H3,(H,17,19). The van der Waals surface area contributed by atoms with E-state index in [1.807, 2.05) is 16.7 Å². The molecule has 0 radical (unpaired) electrons. The van der Waals surface area contributed by atoms with Gasteiger partial charge in [0.1, 0.15) is 0 Å². The lowest BCUT2D eigenvalue weighted by atomic mass is 9.84. The maximum atomic E-state index is 12.1. The minimum Gasteiger partial charge on any atom is -0.337 e. The van der Waals surface area contributed by atoms with E-state index in [9.17, 15) is 4.79 Å². The van der Waals surface area contributed by atoms with Crippen molar-refractivity contribution in [2.45, 2.75) is 26.2 Å². The lowest BCUT2D eigenvalue weighted by Crippen LogP contribution is -2.47. The molecule has 1 heterocycles. The molecule has 4 heteroatoms. The molecular formula is C16H24N2OS. The Morgan fingerprint density at radius 3 is 2.70 bits per heavy atom. The second kappa shape index (κ2) is 6.53. The fourth-order valence-corrected chi connectivity index (χ4v) is 3.25. The molecule has 1 saturated heterocycles. The fraction of sp³-hybridized carbons (Fsp3) is 0.562. The number of hydrogen-bond acceptors (Lipinski definition) is 2. The number of hydrogen-bond donors (Lipinski definition) is 1. The monoisotopic (exact) mass is 292 g/mol. The van der Waals surface area contributed by atoms with Crippen molar-refractivity contribution in [3.8, 4) is 0 Å². The van der Waals surface area contributed by atoms with Crippen LogP contribution in [0.3, 0.4) is 0 Å². The Morgan fingerprint density at radius 1 is 1.35 bits per heavy atom. The number of nitrogens with zero attached hydrogens (tertiary/aromatic N) is 1. The largest absolute Gasteiger partial charge is 0.337 e. The number of nitrogens with one attached hydrogen (secondary N) is 1. The third kappa shape index (κ3) is 3.92. The topological polar surface area (TPSA) is 32.3 Å². The molecule has 20 heavy (non-hydrogen) atoms. The second-order valence-electron chi connectivity index (χ2n) is 6.01. The van der Waals surface area contributed by atoms with Crippen LogP contribution in [0.5, 0.6) is 0 Å². The van der Waals surface area contributed by atoms with Crippen LogP contribution in [0, 0.1) is 6.92 Å². The van der Waals surface area contributed by atoms with Gasteiger partial charge < -0.3 is 10.2 Å². The zero-order chi connectivity index (χ0) is 14.6. The number of carbonyl (C=O) groups excluding carboxylic acids is 1. The van der Waals surface area contributed by atoms with Crippen LogP contribution in [-0.4, -0.2) is 42.1 Å². The van der Waals surface area contributed by atoms with E-state index in [1.165, 1.54) is 11.1 Å². The minimum absolute atomic E-state index is 0.0494. The van der Waals surface area contributed by atoms with Gasteiger partial charge in [-0.3, -0.25) is 0 Å². The first-order valence-corrected chi connectivity index (χ1v) is 8.32. The van der Waals surface area contributed by atoms with E-state index in [1.54, 1.807) is 0 Å². The number of thioether (sulfide) groups is 1. The van der Waals surface area contributed by atoms with Crippen LogP contribution in [0.2, 0.25) is 0 Å². The number of carbonyl (C=O) groups is 1. The summed E-state index contributed by atoms with van der Waals surface area (Å²) in [5.41, 5.74) is 2.48. The SMILES string of the molecule is Cc1cccc(C(C)(C)CNC(=O)N2CCSCC2)c1. The van der Waals surface area contributed by atoms with Crippen molar-refractivity contribution in [2.24, 2.45) is 0 Å². The first-order chi connectivity index (χ1) is 9.49. The van der Waals surface area contributed by atoms with Gasteiger partial charge in [0, 0.05) is 36.6 Å². The maximum absolute atomic E-state index is 12.1. The molecule has 3 nitrogen and oxygen atoms in total. The highest BCUT2D eigenvalue weighted by atomic mass is 32.2. The van der Waals surface area contributed by atoms with Crippen molar-refractivity contribution < 1.29 is 4.79 Å². The smallest absolute Gasteiger partial charge is 0.317 e. The van der Waals surface area contributed by atoms with E-state index in [4.69, 9.17) is 0 Å². The number of rotatable bonds is 3. The summed E-state index contributed by atoms with van der Waals surface area (Å²) in [5.74, 6) is 2.10. The van der Waals surface area contributed by atoms with E-state index in [-0.39, 0.29) is 11.4 Å². The third-order valence-electron chi connectivity index (χ3n) is 3.78. The molecule has 2 amide bonds. The van der Waals surface area contributed by atoms with Gasteiger partial charge in [-0.15, -0.1) is 0 Å². The molecule has 0 aromatic heterocycles. The summed E-state index contributed by atoms with van der Waals surface area (Å²) in [6.07, 6.45) is 0. The maximum Gasteiger partial charge on any atom is 0.317 e. The Kier molecular flexibility index (Phi) is 4.97. The molecule has 110 valence electrons. The number of benzene rings is 1. The molecule has 1 aromatic carbocycles. The molecule has 0 saturated carbocycles. The van der Waals surface area contributed by atoms with Gasteiger partial charge in [0.25, 0.3) is 0 Å². The van der Waals surface area contributed by atoms with Gasteiger partial charge in [-0.2, -0.15) is 11.8 Å². The molecular weight excluding hydrogens is 268 g/mol. The van der Waals surface area contributed by atoms with Gasteiger partial charge in [-0.1, -0.05) is 43.7 Å². The van der Waals surface area contributed by atoms with Gasteiger partial charge in [0.2, 0.25) is 0 Å². The van der Waals surface area contributed by atoms with Crippen molar-refractivity contribution >= 4 is 17.8 Å². The van der Waals surface area contributed by atoms with Crippen LogP contribution in [0.25, 0.3) is 0 Å². The van der Waals surface area contributed by atoms with Crippen LogP contribution < -0.4 is 5.32 Å². The quantitative estimate of drug-likeness (QED) is 0.929. The molecule has 0 spiro atoms. The zero-order valence-electron chi connectivity index (χ0n) is 12.6. The molecule has 1 aliphatic rings. The minimum atomic E-state index is -0.0494. The summed E-state index contributed by atoms with van der Waals surface area (Å²) in [5, 5.41) is 3.09. The average Bonchev–Trinajstić information content (AvgIpc) is 2.46. The lowest BCUT2D eigenvalue weighted by molar-refractivity contribution is 0.200. The normalized spacial score (nSPS) is 16.1. The summed E-state index contributed by atoms with van der Waals surface area (Å²) in [6, 6.07) is 8.59. The highest BCUT2D eigenvalue weighted by Crippen LogP contribution is 2.23. The van der Waals surface area contributed by atoms with Gasteiger partial charge >= 0.3 is 6.03 Å². The third-order valence-corrected chi connectivity index (χ3v) is 4.72. The van der Waals surface area contributed by atoms with Gasteiger partial charge in [-0.05, 0) is 12.5 Å². The van der Waals surface area contributed by atoms with Gasteiger partial charge in [0.05, 0.1) is 0 Å². The Hall–Kier alpha value is -1.16. The fourth-order valence-electron chi connectivity index (χ4n) is 2.34. The van der Waals surface area contributed by atoms with E-state index < -0.39 is 0 Å². The predicted molar refractivity (Wildman–Crippen MR) is 86.5 cm³/mol.